The molecule has 0 heterocycles. The first-order valence-corrected chi connectivity index (χ1v) is 27.0. The summed E-state index contributed by atoms with van der Waals surface area (Å²) in [5, 5.41) is 28.0. The molecule has 0 spiro atoms. The highest BCUT2D eigenvalue weighted by Gasteiger charge is 2.67. The lowest BCUT2D eigenvalue weighted by molar-refractivity contribution is -0.152. The second-order valence-electron chi connectivity index (χ2n) is 20.1. The molecule has 0 aromatic heterocycles. The van der Waals surface area contributed by atoms with Gasteiger partial charge in [0.15, 0.2) is 0 Å². The Kier molecular flexibility index (Phi) is 20.4. The Bertz CT molecular complexity index is 2920. The molecule has 5 aromatic carbocycles. The maximum atomic E-state index is 12.4. The Morgan fingerprint density at radius 1 is 0.582 bits per heavy atom. The molecule has 79 heavy (non-hydrogen) atoms. The summed E-state index contributed by atoms with van der Waals surface area (Å²) in [5.74, 6) is -2.87. The zero-order valence-corrected chi connectivity index (χ0v) is 45.8. The molecule has 5 aromatic rings. The normalized spacial score (nSPS) is 22.3. The maximum Gasteiger partial charge on any atom is 0.317 e. The minimum absolute atomic E-state index is 0.227. The number of benzene rings is 5. The van der Waals surface area contributed by atoms with Crippen LogP contribution in [-0.2, 0) is 73.4 Å². The number of methoxy groups -OCH3 is 1. The highest BCUT2D eigenvalue weighted by atomic mass is 35.5. The van der Waals surface area contributed by atoms with Crippen LogP contribution in [0.2, 0.25) is 10.0 Å². The Balaban J connectivity index is 0.000000172. The number of ether oxygens (including phenoxy) is 6. The number of amides is 2. The number of carboxylic acids is 1. The van der Waals surface area contributed by atoms with Gasteiger partial charge in [0.05, 0.1) is 60.1 Å². The first kappa shape index (κ1) is 59.5. The minimum Gasteiger partial charge on any atom is -0.493 e. The van der Waals surface area contributed by atoms with Crippen LogP contribution < -0.4 is 25.2 Å². The van der Waals surface area contributed by atoms with E-state index in [-0.39, 0.29) is 26.2 Å². The van der Waals surface area contributed by atoms with Crippen molar-refractivity contribution in [2.45, 2.75) is 95.7 Å². The van der Waals surface area contributed by atoms with Gasteiger partial charge in [-0.15, -0.1) is 0 Å². The number of carboxylic acid groups (broad SMARTS) is 1. The fraction of sp³-hybridized carbons (Fsp3) is 0.400. The fourth-order valence-corrected chi connectivity index (χ4v) is 10.8. The van der Waals surface area contributed by atoms with Crippen molar-refractivity contribution >= 4 is 58.9 Å². The number of hydroxylamine groups is 2. The minimum atomic E-state index is -1.07. The Morgan fingerprint density at radius 2 is 1.18 bits per heavy atom. The maximum absolute atomic E-state index is 12.4. The summed E-state index contributed by atoms with van der Waals surface area (Å²) in [4.78, 5) is 72.0. The van der Waals surface area contributed by atoms with Crippen LogP contribution in [0, 0.1) is 29.1 Å². The smallest absolute Gasteiger partial charge is 0.317 e. The predicted octanol–water partition coefficient (Wildman–Crippen LogP) is 9.94. The highest BCUT2D eigenvalue weighted by molar-refractivity contribution is 6.42. The summed E-state index contributed by atoms with van der Waals surface area (Å²) >= 11 is 12.2. The van der Waals surface area contributed by atoms with Crippen LogP contribution in [0.5, 0.6) is 17.2 Å². The first-order valence-electron chi connectivity index (χ1n) is 26.3. The molecule has 6 atom stereocenters. The number of carbonyl (C=O) groups excluding carboxylic acids is 5. The summed E-state index contributed by atoms with van der Waals surface area (Å²) in [5.41, 5.74) is 4.26. The monoisotopic (exact) mass is 1120 g/mol. The van der Waals surface area contributed by atoms with Crippen molar-refractivity contribution < 1.29 is 72.7 Å². The van der Waals surface area contributed by atoms with Gasteiger partial charge in [-0.3, -0.25) is 39.2 Å². The summed E-state index contributed by atoms with van der Waals surface area (Å²) in [6, 6.07) is 36.7. The molecule has 4 saturated carbocycles. The number of carbonyl (C=O) groups is 6. The molecule has 5 N–H and O–H groups in total. The van der Waals surface area contributed by atoms with E-state index in [1.165, 1.54) is 39.2 Å². The van der Waals surface area contributed by atoms with E-state index in [2.05, 4.69) is 0 Å². The summed E-state index contributed by atoms with van der Waals surface area (Å²) in [6.45, 7) is 5.27. The average Bonchev–Trinajstić information content (AvgIpc) is 4.60. The van der Waals surface area contributed by atoms with Crippen molar-refractivity contribution in [2.24, 2.45) is 29.1 Å². The van der Waals surface area contributed by atoms with E-state index in [4.69, 9.17) is 62.0 Å². The fourth-order valence-electron chi connectivity index (χ4n) is 10.4. The van der Waals surface area contributed by atoms with E-state index in [1.807, 2.05) is 66.7 Å². The second kappa shape index (κ2) is 27.1. The van der Waals surface area contributed by atoms with Crippen molar-refractivity contribution in [3.05, 3.63) is 159 Å². The summed E-state index contributed by atoms with van der Waals surface area (Å²) < 4.78 is 32.6. The van der Waals surface area contributed by atoms with Gasteiger partial charge in [0.1, 0.15) is 41.3 Å². The number of aliphatic carboxylic acids is 1. The van der Waals surface area contributed by atoms with Gasteiger partial charge in [0, 0.05) is 5.56 Å². The Hall–Kier alpha value is -7.18. The Labute approximate surface area is 468 Å². The van der Waals surface area contributed by atoms with Gasteiger partial charge >= 0.3 is 23.9 Å². The number of halogens is 2. The van der Waals surface area contributed by atoms with Gasteiger partial charge in [-0.2, -0.15) is 0 Å². The van der Waals surface area contributed by atoms with Gasteiger partial charge in [0.2, 0.25) is 11.8 Å². The molecule has 2 amide bonds. The van der Waals surface area contributed by atoms with Gasteiger partial charge in [-0.05, 0) is 123 Å². The van der Waals surface area contributed by atoms with Crippen molar-refractivity contribution in [1.82, 2.24) is 11.0 Å². The quantitative estimate of drug-likeness (QED) is 0.0199. The molecular weight excluding hydrogens is 1060 g/mol. The highest BCUT2D eigenvalue weighted by Crippen LogP contribution is 2.58. The molecule has 0 aliphatic heterocycles. The molecule has 0 bridgehead atoms. The first-order chi connectivity index (χ1) is 38.1. The summed E-state index contributed by atoms with van der Waals surface area (Å²) in [6.07, 6.45) is 7.49. The van der Waals surface area contributed by atoms with Crippen molar-refractivity contribution in [3.63, 3.8) is 0 Å². The Morgan fingerprint density at radius 3 is 1.80 bits per heavy atom. The van der Waals surface area contributed by atoms with Gasteiger partial charge < -0.3 is 33.5 Å². The van der Waals surface area contributed by atoms with E-state index < -0.39 is 69.7 Å². The van der Waals surface area contributed by atoms with E-state index in [1.54, 1.807) is 79.4 Å². The van der Waals surface area contributed by atoms with E-state index in [0.717, 1.165) is 16.7 Å². The van der Waals surface area contributed by atoms with E-state index >= 15 is 0 Å². The van der Waals surface area contributed by atoms with Crippen molar-refractivity contribution in [3.8, 4) is 17.2 Å². The lowest BCUT2D eigenvalue weighted by atomic mass is 9.90. The number of hydrogen-bond donors (Lipinski definition) is 5. The van der Waals surface area contributed by atoms with Crippen molar-refractivity contribution in [1.29, 1.82) is 0 Å². The zero-order valence-electron chi connectivity index (χ0n) is 44.3. The van der Waals surface area contributed by atoms with Crippen LogP contribution in [0.1, 0.15) is 93.0 Å². The van der Waals surface area contributed by atoms with Crippen LogP contribution in [0.4, 0.5) is 0 Å². The lowest BCUT2D eigenvalue weighted by Crippen LogP contribution is -2.31. The SMILES string of the molecule is CCOC(=O)[C@@]1(Cc2ccc(OCc3cccc(Cl)c3Cl)cc2)C[C@@H]1C(=O)NO.CCOC(=O)[C@]1(c2ccc(OCc3ccccc3)cc2)C[C@H]1C(=O)O.COC(=O)[C@]1(c2cccc(OCC3CCCCC3)c2)C[C@H]1C(=O)NO. The molecule has 0 radical (unpaired) electrons. The standard InChI is InChI=1S/C21H21Cl2NO5.C20H20O5.C19H25NO5/c1-2-28-20(26)21(11-16(21)19(25)24-27)10-13-6-8-15(9-7-13)29-12-14-4-3-5-17(22)18(14)23;1-2-24-19(23)20(12-17(20)18(21)22)15-8-10-16(11-9-15)25-13-14-6-4-3-5-7-14;1-24-18(22)19(11-16(19)17(21)20-23)14-8-5-9-15(10-14)25-12-13-6-3-2-4-7-13/h3-9,16,27H,2,10-12H2,1H3,(H,24,25);3-11,17H,2,12-13H2,1H3,(H,21,22);5,8-10,13,16,23H,2-4,6-7,11-12H2,1H3,(H,20,21)/t16-,21+;17-,20-;16-,19-/m100/s1. The number of esters is 3. The molecular formula is C60H66Cl2N2O15. The average molecular weight is 1130 g/mol. The molecule has 19 heteroatoms. The number of nitrogens with one attached hydrogen (secondary N) is 2. The van der Waals surface area contributed by atoms with E-state index in [0.29, 0.717) is 76.8 Å². The third-order valence-electron chi connectivity index (χ3n) is 15.1. The van der Waals surface area contributed by atoms with Crippen LogP contribution >= 0.6 is 23.2 Å². The van der Waals surface area contributed by atoms with Crippen molar-refractivity contribution in [2.75, 3.05) is 26.9 Å². The van der Waals surface area contributed by atoms with Gasteiger partial charge in [-0.25, -0.2) is 11.0 Å². The molecule has 0 unspecified atom stereocenters. The van der Waals surface area contributed by atoms with Gasteiger partial charge in [-0.1, -0.05) is 121 Å². The summed E-state index contributed by atoms with van der Waals surface area (Å²) in [7, 11) is 1.31. The van der Waals surface area contributed by atoms with Gasteiger partial charge in [0.25, 0.3) is 0 Å². The van der Waals surface area contributed by atoms with E-state index in [9.17, 15) is 33.9 Å². The van der Waals surface area contributed by atoms with Crippen LogP contribution in [0.25, 0.3) is 0 Å². The number of rotatable bonds is 21. The van der Waals surface area contributed by atoms with Crippen LogP contribution in [0.3, 0.4) is 0 Å². The molecule has 4 aliphatic rings. The largest absolute Gasteiger partial charge is 0.493 e. The predicted molar refractivity (Wildman–Crippen MR) is 290 cm³/mol. The van der Waals surface area contributed by atoms with Crippen LogP contribution in [0.15, 0.2) is 121 Å². The second-order valence-corrected chi connectivity index (χ2v) is 20.8. The molecule has 420 valence electrons. The third kappa shape index (κ3) is 14.2. The zero-order chi connectivity index (χ0) is 56.7. The topological polar surface area (TPSA) is 243 Å². The molecule has 4 aliphatic carbocycles. The molecule has 9 rings (SSSR count). The molecule has 0 saturated heterocycles. The van der Waals surface area contributed by atoms with Crippen LogP contribution in [-0.4, -0.2) is 78.1 Å². The third-order valence-corrected chi connectivity index (χ3v) is 15.9. The molecule has 17 nitrogen and oxygen atoms in total. The molecule has 4 fully saturated rings. The lowest BCUT2D eigenvalue weighted by Gasteiger charge is -2.22. The number of hydrogen-bond acceptors (Lipinski definition) is 14.